The van der Waals surface area contributed by atoms with E-state index in [1.807, 2.05) is 0 Å². The molecule has 0 spiro atoms. The SMILES string of the molecule is CCCCO[C@@H]([C@H](C)O)[C@H](CCOC[C@H](NC(=O)OC(C)(C)C)C(=O)O)OCCCC. The number of ether oxygens (including phenoxy) is 4. The topological polar surface area (TPSA) is 124 Å². The number of amides is 1. The fourth-order valence-electron chi connectivity index (χ4n) is 2.67. The zero-order valence-corrected chi connectivity index (χ0v) is 20.0. The van der Waals surface area contributed by atoms with E-state index in [1.165, 1.54) is 0 Å². The lowest BCUT2D eigenvalue weighted by Gasteiger charge is -2.30. The zero-order valence-electron chi connectivity index (χ0n) is 20.0. The first-order valence-corrected chi connectivity index (χ1v) is 11.2. The molecule has 3 N–H and O–H groups in total. The van der Waals surface area contributed by atoms with Crippen LogP contribution in [0.2, 0.25) is 0 Å². The number of aliphatic carboxylic acids is 1. The number of carboxylic acid groups (broad SMARTS) is 1. The number of unbranched alkanes of at least 4 members (excludes halogenated alkanes) is 2. The number of alkyl carbamates (subject to hydrolysis) is 1. The lowest BCUT2D eigenvalue weighted by atomic mass is 10.1. The van der Waals surface area contributed by atoms with E-state index in [2.05, 4.69) is 19.2 Å². The number of nitrogens with one attached hydrogen (secondary N) is 1. The van der Waals surface area contributed by atoms with Crippen LogP contribution >= 0.6 is 0 Å². The van der Waals surface area contributed by atoms with E-state index in [0.29, 0.717) is 19.6 Å². The van der Waals surface area contributed by atoms with Gasteiger partial charge in [-0.25, -0.2) is 9.59 Å². The molecule has 0 aromatic rings. The van der Waals surface area contributed by atoms with E-state index >= 15 is 0 Å². The maximum Gasteiger partial charge on any atom is 0.408 e. The summed E-state index contributed by atoms with van der Waals surface area (Å²) in [5.41, 5.74) is -0.731. The van der Waals surface area contributed by atoms with Gasteiger partial charge in [0.05, 0.1) is 18.8 Å². The standard InChI is InChI=1S/C22H43NO8/c1-7-9-12-29-18(19(16(3)24)30-13-10-8-2)11-14-28-15-17(20(25)26)23-21(27)31-22(4,5)6/h16-19,24H,7-15H2,1-6H3,(H,23,27)(H,25,26)/t16-,17-,18-,19-/m0/s1. The van der Waals surface area contributed by atoms with Crippen LogP contribution in [0.5, 0.6) is 0 Å². The van der Waals surface area contributed by atoms with Crippen molar-refractivity contribution < 1.29 is 38.7 Å². The summed E-state index contributed by atoms with van der Waals surface area (Å²) in [6, 6.07) is -1.23. The molecule has 0 aliphatic heterocycles. The predicted molar refractivity (Wildman–Crippen MR) is 117 cm³/mol. The molecule has 1 amide bonds. The Morgan fingerprint density at radius 2 is 1.58 bits per heavy atom. The minimum absolute atomic E-state index is 0.191. The number of hydrogen-bond acceptors (Lipinski definition) is 7. The van der Waals surface area contributed by atoms with Gasteiger partial charge in [0.2, 0.25) is 0 Å². The van der Waals surface area contributed by atoms with Gasteiger partial charge < -0.3 is 34.5 Å². The Morgan fingerprint density at radius 1 is 1.00 bits per heavy atom. The molecule has 0 bridgehead atoms. The highest BCUT2D eigenvalue weighted by molar-refractivity contribution is 5.80. The van der Waals surface area contributed by atoms with Gasteiger partial charge >= 0.3 is 12.1 Å². The minimum Gasteiger partial charge on any atom is -0.480 e. The lowest BCUT2D eigenvalue weighted by Crippen LogP contribution is -2.46. The van der Waals surface area contributed by atoms with Crippen molar-refractivity contribution in [3.05, 3.63) is 0 Å². The number of carbonyl (C=O) groups excluding carboxylic acids is 1. The molecular formula is C22H43NO8. The highest BCUT2D eigenvalue weighted by Crippen LogP contribution is 2.15. The van der Waals surface area contributed by atoms with Gasteiger partial charge in [0.15, 0.2) is 6.04 Å². The van der Waals surface area contributed by atoms with Crippen LogP contribution in [0.15, 0.2) is 0 Å². The summed E-state index contributed by atoms with van der Waals surface area (Å²) in [5, 5.41) is 21.8. The molecule has 0 aliphatic rings. The van der Waals surface area contributed by atoms with Crippen molar-refractivity contribution in [3.8, 4) is 0 Å². The van der Waals surface area contributed by atoms with Crippen molar-refractivity contribution in [1.82, 2.24) is 5.32 Å². The van der Waals surface area contributed by atoms with Crippen LogP contribution in [0, 0.1) is 0 Å². The second kappa shape index (κ2) is 16.2. The quantitative estimate of drug-likeness (QED) is 0.289. The summed E-state index contributed by atoms with van der Waals surface area (Å²) < 4.78 is 22.4. The van der Waals surface area contributed by atoms with Gasteiger partial charge in [-0.3, -0.25) is 0 Å². The van der Waals surface area contributed by atoms with Gasteiger partial charge in [0, 0.05) is 19.8 Å². The average molecular weight is 450 g/mol. The molecule has 0 heterocycles. The monoisotopic (exact) mass is 449 g/mol. The highest BCUT2D eigenvalue weighted by atomic mass is 16.6. The normalized spacial score (nSPS) is 15.7. The van der Waals surface area contributed by atoms with Gasteiger partial charge in [-0.1, -0.05) is 26.7 Å². The largest absolute Gasteiger partial charge is 0.480 e. The van der Waals surface area contributed by atoms with Crippen LogP contribution in [0.1, 0.15) is 73.6 Å². The molecule has 31 heavy (non-hydrogen) atoms. The molecule has 0 unspecified atom stereocenters. The van der Waals surface area contributed by atoms with Crippen molar-refractivity contribution in [2.24, 2.45) is 0 Å². The van der Waals surface area contributed by atoms with E-state index in [4.69, 9.17) is 18.9 Å². The first kappa shape index (κ1) is 29.6. The summed E-state index contributed by atoms with van der Waals surface area (Å²) in [6.45, 7) is 11.9. The van der Waals surface area contributed by atoms with Crippen LogP contribution in [0.25, 0.3) is 0 Å². The maximum atomic E-state index is 11.8. The average Bonchev–Trinajstić information content (AvgIpc) is 2.64. The fraction of sp³-hybridized carbons (Fsp3) is 0.909. The Morgan fingerprint density at radius 3 is 2.06 bits per heavy atom. The number of carboxylic acids is 1. The summed E-state index contributed by atoms with van der Waals surface area (Å²) in [5.74, 6) is -1.22. The molecule has 0 saturated carbocycles. The summed E-state index contributed by atoms with van der Waals surface area (Å²) in [7, 11) is 0. The lowest BCUT2D eigenvalue weighted by molar-refractivity contribution is -0.142. The minimum atomic E-state index is -1.23. The van der Waals surface area contributed by atoms with E-state index in [1.54, 1.807) is 27.7 Å². The van der Waals surface area contributed by atoms with Crippen molar-refractivity contribution >= 4 is 12.1 Å². The molecule has 9 nitrogen and oxygen atoms in total. The molecular weight excluding hydrogens is 406 g/mol. The smallest absolute Gasteiger partial charge is 0.408 e. The summed E-state index contributed by atoms with van der Waals surface area (Å²) in [6.07, 6.45) is 1.75. The molecule has 184 valence electrons. The number of hydrogen-bond donors (Lipinski definition) is 3. The summed E-state index contributed by atoms with van der Waals surface area (Å²) in [4.78, 5) is 23.3. The molecule has 9 heteroatoms. The van der Waals surface area contributed by atoms with Gasteiger partial charge in [0.1, 0.15) is 11.7 Å². The third kappa shape index (κ3) is 15.1. The van der Waals surface area contributed by atoms with Crippen molar-refractivity contribution in [2.45, 2.75) is 104 Å². The highest BCUT2D eigenvalue weighted by Gasteiger charge is 2.28. The van der Waals surface area contributed by atoms with Crippen molar-refractivity contribution in [2.75, 3.05) is 26.4 Å². The molecule has 0 rings (SSSR count). The number of carbonyl (C=O) groups is 2. The maximum absolute atomic E-state index is 11.8. The Bertz CT molecular complexity index is 492. The number of aliphatic hydroxyl groups excluding tert-OH is 1. The zero-order chi connectivity index (χ0) is 23.9. The van der Waals surface area contributed by atoms with Crippen LogP contribution < -0.4 is 5.32 Å². The Balaban J connectivity index is 4.76. The fourth-order valence-corrected chi connectivity index (χ4v) is 2.67. The number of aliphatic hydroxyl groups is 1. The van der Waals surface area contributed by atoms with Crippen LogP contribution in [-0.2, 0) is 23.7 Å². The van der Waals surface area contributed by atoms with E-state index < -0.39 is 35.9 Å². The van der Waals surface area contributed by atoms with Gasteiger partial charge in [-0.15, -0.1) is 0 Å². The molecule has 0 radical (unpaired) electrons. The number of rotatable bonds is 17. The van der Waals surface area contributed by atoms with Crippen LogP contribution in [0.3, 0.4) is 0 Å². The Labute approximate surface area is 186 Å². The Kier molecular flexibility index (Phi) is 15.5. The van der Waals surface area contributed by atoms with Crippen LogP contribution in [-0.4, -0.2) is 78.7 Å². The molecule has 0 aromatic heterocycles. The predicted octanol–water partition coefficient (Wildman–Crippen LogP) is 3.12. The van der Waals surface area contributed by atoms with Crippen LogP contribution in [0.4, 0.5) is 4.79 Å². The molecule has 4 atom stereocenters. The van der Waals surface area contributed by atoms with Gasteiger partial charge in [-0.05, 0) is 47.0 Å². The van der Waals surface area contributed by atoms with E-state index in [0.717, 1.165) is 25.7 Å². The third-order valence-electron chi connectivity index (χ3n) is 4.30. The first-order valence-electron chi connectivity index (χ1n) is 11.2. The molecule has 0 fully saturated rings. The first-order chi connectivity index (χ1) is 14.5. The Hall–Kier alpha value is -1.42. The second-order valence-electron chi connectivity index (χ2n) is 8.59. The molecule has 0 aliphatic carbocycles. The summed E-state index contributed by atoms with van der Waals surface area (Å²) >= 11 is 0. The van der Waals surface area contributed by atoms with Gasteiger partial charge in [-0.2, -0.15) is 0 Å². The van der Waals surface area contributed by atoms with Crippen molar-refractivity contribution in [1.29, 1.82) is 0 Å². The van der Waals surface area contributed by atoms with E-state index in [-0.39, 0.29) is 19.3 Å². The van der Waals surface area contributed by atoms with Crippen molar-refractivity contribution in [3.63, 3.8) is 0 Å². The molecule has 0 aromatic carbocycles. The third-order valence-corrected chi connectivity index (χ3v) is 4.30. The molecule has 0 saturated heterocycles. The second-order valence-corrected chi connectivity index (χ2v) is 8.59. The van der Waals surface area contributed by atoms with Gasteiger partial charge in [0.25, 0.3) is 0 Å². The van der Waals surface area contributed by atoms with E-state index in [9.17, 15) is 19.8 Å².